The van der Waals surface area contributed by atoms with Crippen LogP contribution in [-0.4, -0.2) is 0 Å². The van der Waals surface area contributed by atoms with Crippen LogP contribution in [0.1, 0.15) is 16.5 Å². The van der Waals surface area contributed by atoms with Gasteiger partial charge in [0.15, 0.2) is 0 Å². The first-order valence-electron chi connectivity index (χ1n) is 3.69. The molecule has 0 unspecified atom stereocenters. The summed E-state index contributed by atoms with van der Waals surface area (Å²) in [5.74, 6) is 0. The molecule has 0 aromatic carbocycles. The lowest BCUT2D eigenvalue weighted by Crippen LogP contribution is -2.08. The summed E-state index contributed by atoms with van der Waals surface area (Å²) in [5, 5.41) is 2.02. The summed E-state index contributed by atoms with van der Waals surface area (Å²) in [6, 6.07) is 5.89. The van der Waals surface area contributed by atoms with Crippen molar-refractivity contribution in [2.24, 2.45) is 5.73 Å². The van der Waals surface area contributed by atoms with E-state index in [0.717, 1.165) is 10.4 Å². The molecule has 2 aromatic rings. The topological polar surface area (TPSA) is 39.2 Å². The molecule has 4 heteroatoms. The Morgan fingerprint density at radius 2 is 2.23 bits per heavy atom. The van der Waals surface area contributed by atoms with E-state index < -0.39 is 0 Å². The average molecular weight is 216 g/mol. The molecule has 0 fully saturated rings. The van der Waals surface area contributed by atoms with Crippen LogP contribution in [0.5, 0.6) is 0 Å². The summed E-state index contributed by atoms with van der Waals surface area (Å²) in [6.07, 6.45) is 3.33. The Bertz CT molecular complexity index is 296. The van der Waals surface area contributed by atoms with Gasteiger partial charge in [-0.05, 0) is 17.5 Å². The van der Waals surface area contributed by atoms with E-state index >= 15 is 0 Å². The molecule has 0 aliphatic heterocycles. The fourth-order valence-corrected chi connectivity index (χ4v) is 1.84. The van der Waals surface area contributed by atoms with Gasteiger partial charge in [-0.2, -0.15) is 0 Å². The number of hydrogen-bond acceptors (Lipinski definition) is 3. The minimum absolute atomic E-state index is 0. The Morgan fingerprint density at radius 1 is 1.38 bits per heavy atom. The lowest BCUT2D eigenvalue weighted by Gasteiger charge is -2.04. The van der Waals surface area contributed by atoms with Crippen molar-refractivity contribution in [3.63, 3.8) is 0 Å². The zero-order valence-corrected chi connectivity index (χ0v) is 8.48. The summed E-state index contributed by atoms with van der Waals surface area (Å²) in [5.41, 5.74) is 6.98. The van der Waals surface area contributed by atoms with Crippen LogP contribution in [0, 0.1) is 0 Å². The van der Waals surface area contributed by atoms with Crippen LogP contribution < -0.4 is 5.73 Å². The molecule has 0 saturated carbocycles. The molecule has 0 spiro atoms. The maximum Gasteiger partial charge on any atom is 0.0954 e. The van der Waals surface area contributed by atoms with E-state index in [1.807, 2.05) is 23.6 Å². The zero-order valence-electron chi connectivity index (χ0n) is 6.84. The molecule has 2 rings (SSSR count). The quantitative estimate of drug-likeness (QED) is 0.837. The molecule has 70 valence electrons. The van der Waals surface area contributed by atoms with Gasteiger partial charge < -0.3 is 10.2 Å². The summed E-state index contributed by atoms with van der Waals surface area (Å²) < 4.78 is 4.96. The minimum atomic E-state index is -0.0382. The second-order valence-electron chi connectivity index (χ2n) is 2.55. The molecule has 0 amide bonds. The fraction of sp³-hybridized carbons (Fsp3) is 0.111. The highest BCUT2D eigenvalue weighted by atomic mass is 35.5. The largest absolute Gasteiger partial charge is 0.472 e. The molecule has 2 nitrogen and oxygen atoms in total. The maximum absolute atomic E-state index is 5.96. The Hall–Kier alpha value is -0.770. The van der Waals surface area contributed by atoms with Crippen molar-refractivity contribution in [2.75, 3.05) is 0 Å². The van der Waals surface area contributed by atoms with E-state index in [0.29, 0.717) is 0 Å². The third-order valence-corrected chi connectivity index (χ3v) is 2.71. The van der Waals surface area contributed by atoms with Crippen molar-refractivity contribution >= 4 is 23.7 Å². The van der Waals surface area contributed by atoms with Crippen molar-refractivity contribution in [2.45, 2.75) is 6.04 Å². The van der Waals surface area contributed by atoms with Crippen LogP contribution >= 0.6 is 23.7 Å². The van der Waals surface area contributed by atoms with Crippen LogP contribution in [0.3, 0.4) is 0 Å². The highest BCUT2D eigenvalue weighted by Gasteiger charge is 2.09. The second kappa shape index (κ2) is 4.46. The molecule has 2 N–H and O–H groups in total. The standard InChI is InChI=1S/C9H9NOS.ClH/c10-9(7-3-4-11-6-7)8-2-1-5-12-8;/h1-6,9H,10H2;1H/t9-;/m1./s1. The molecular formula is C9H10ClNOS. The molecule has 0 saturated heterocycles. The van der Waals surface area contributed by atoms with Gasteiger partial charge in [0.2, 0.25) is 0 Å². The Balaban J connectivity index is 0.000000845. The molecule has 0 aliphatic carbocycles. The summed E-state index contributed by atoms with van der Waals surface area (Å²) in [6.45, 7) is 0. The third kappa shape index (κ3) is 2.12. The molecule has 0 bridgehead atoms. The number of hydrogen-bond donors (Lipinski definition) is 1. The van der Waals surface area contributed by atoms with Crippen molar-refractivity contribution in [3.8, 4) is 0 Å². The van der Waals surface area contributed by atoms with E-state index in [2.05, 4.69) is 0 Å². The number of furan rings is 1. The van der Waals surface area contributed by atoms with E-state index in [-0.39, 0.29) is 18.4 Å². The van der Waals surface area contributed by atoms with Crippen LogP contribution in [0.15, 0.2) is 40.5 Å². The molecule has 2 aromatic heterocycles. The van der Waals surface area contributed by atoms with Crippen molar-refractivity contribution in [1.82, 2.24) is 0 Å². The lowest BCUT2D eigenvalue weighted by atomic mass is 10.1. The van der Waals surface area contributed by atoms with Gasteiger partial charge >= 0.3 is 0 Å². The summed E-state index contributed by atoms with van der Waals surface area (Å²) >= 11 is 1.66. The molecule has 0 radical (unpaired) electrons. The molecule has 2 heterocycles. The van der Waals surface area contributed by atoms with E-state index in [4.69, 9.17) is 10.2 Å². The second-order valence-corrected chi connectivity index (χ2v) is 3.53. The van der Waals surface area contributed by atoms with Crippen molar-refractivity contribution in [3.05, 3.63) is 46.5 Å². The van der Waals surface area contributed by atoms with E-state index in [9.17, 15) is 0 Å². The number of halogens is 1. The number of nitrogens with two attached hydrogens (primary N) is 1. The Morgan fingerprint density at radius 3 is 2.77 bits per heavy atom. The first kappa shape index (κ1) is 10.3. The number of thiophene rings is 1. The molecule has 0 aliphatic rings. The molecule has 13 heavy (non-hydrogen) atoms. The minimum Gasteiger partial charge on any atom is -0.472 e. The Labute approximate surface area is 86.8 Å². The van der Waals surface area contributed by atoms with Gasteiger partial charge in [0, 0.05) is 10.4 Å². The van der Waals surface area contributed by atoms with Crippen molar-refractivity contribution in [1.29, 1.82) is 0 Å². The molecule has 1 atom stereocenters. The van der Waals surface area contributed by atoms with Gasteiger partial charge in [0.05, 0.1) is 18.6 Å². The predicted molar refractivity (Wildman–Crippen MR) is 56.3 cm³/mol. The Kier molecular flexibility index (Phi) is 3.54. The van der Waals surface area contributed by atoms with Crippen LogP contribution in [0.25, 0.3) is 0 Å². The van der Waals surface area contributed by atoms with Gasteiger partial charge in [-0.3, -0.25) is 0 Å². The maximum atomic E-state index is 5.96. The molecular weight excluding hydrogens is 206 g/mol. The van der Waals surface area contributed by atoms with Crippen LogP contribution in [-0.2, 0) is 0 Å². The average Bonchev–Trinajstić information content (AvgIpc) is 2.77. The van der Waals surface area contributed by atoms with Gasteiger partial charge in [-0.25, -0.2) is 0 Å². The van der Waals surface area contributed by atoms with Gasteiger partial charge in [-0.15, -0.1) is 23.7 Å². The lowest BCUT2D eigenvalue weighted by molar-refractivity contribution is 0.562. The zero-order chi connectivity index (χ0) is 8.39. The SMILES string of the molecule is Cl.N[C@H](c1ccoc1)c1cccs1. The highest BCUT2D eigenvalue weighted by molar-refractivity contribution is 7.10. The van der Waals surface area contributed by atoms with Gasteiger partial charge in [0.25, 0.3) is 0 Å². The number of rotatable bonds is 2. The summed E-state index contributed by atoms with van der Waals surface area (Å²) in [7, 11) is 0. The first-order valence-corrected chi connectivity index (χ1v) is 4.57. The smallest absolute Gasteiger partial charge is 0.0954 e. The first-order chi connectivity index (χ1) is 5.88. The normalized spacial score (nSPS) is 12.1. The highest BCUT2D eigenvalue weighted by Crippen LogP contribution is 2.23. The predicted octanol–water partition coefficient (Wildman–Crippen LogP) is 2.81. The van der Waals surface area contributed by atoms with Crippen molar-refractivity contribution < 1.29 is 4.42 Å². The fourth-order valence-electron chi connectivity index (χ4n) is 1.08. The van der Waals surface area contributed by atoms with E-state index in [1.165, 1.54) is 0 Å². The monoisotopic (exact) mass is 215 g/mol. The van der Waals surface area contributed by atoms with Crippen LogP contribution in [0.2, 0.25) is 0 Å². The van der Waals surface area contributed by atoms with Crippen LogP contribution in [0.4, 0.5) is 0 Å². The van der Waals surface area contributed by atoms with E-state index in [1.54, 1.807) is 23.9 Å². The van der Waals surface area contributed by atoms with Gasteiger partial charge in [-0.1, -0.05) is 6.07 Å². The summed E-state index contributed by atoms with van der Waals surface area (Å²) in [4.78, 5) is 1.16. The van der Waals surface area contributed by atoms with Gasteiger partial charge in [0.1, 0.15) is 0 Å². The third-order valence-electron chi connectivity index (χ3n) is 1.75.